The predicted molar refractivity (Wildman–Crippen MR) is 94.7 cm³/mol. The predicted octanol–water partition coefficient (Wildman–Crippen LogP) is 1.80. The molecule has 0 aromatic carbocycles. The highest BCUT2D eigenvalue weighted by atomic mass is 32.2. The normalized spacial score (nSPS) is 16.2. The third kappa shape index (κ3) is 7.13. The number of esters is 1. The molecule has 1 fully saturated rings. The van der Waals surface area contributed by atoms with Crippen molar-refractivity contribution in [2.45, 2.75) is 55.2 Å². The summed E-state index contributed by atoms with van der Waals surface area (Å²) in [6.07, 6.45) is 6.41. The number of thiophene rings is 1. The van der Waals surface area contributed by atoms with E-state index < -0.39 is 16.0 Å². The van der Waals surface area contributed by atoms with Gasteiger partial charge in [0.2, 0.25) is 10.0 Å². The lowest BCUT2D eigenvalue weighted by Gasteiger charge is -2.16. The van der Waals surface area contributed by atoms with Gasteiger partial charge in [-0.2, -0.15) is 0 Å². The fraction of sp³-hybridized carbons (Fsp3) is 0.625. The molecule has 140 valence electrons. The second kappa shape index (κ2) is 9.88. The van der Waals surface area contributed by atoms with E-state index in [1.54, 1.807) is 11.4 Å². The third-order valence-corrected chi connectivity index (χ3v) is 6.82. The van der Waals surface area contributed by atoms with Gasteiger partial charge in [-0.05, 0) is 24.3 Å². The molecule has 1 aromatic heterocycles. The van der Waals surface area contributed by atoms with Gasteiger partial charge >= 0.3 is 5.97 Å². The Hall–Kier alpha value is -1.45. The van der Waals surface area contributed by atoms with E-state index in [2.05, 4.69) is 10.0 Å². The molecular formula is C16H24N2O5S2. The number of hydrogen-bond donors (Lipinski definition) is 2. The standard InChI is InChI=1S/C16H24N2O5S2/c19-14(18-13-6-3-1-2-4-7-13)12-23-15(20)9-10-17-25(21,22)16-8-5-11-24-16/h5,8,11,13,17H,1-4,6-7,9-10,12H2,(H,18,19). The molecule has 1 aliphatic rings. The van der Waals surface area contributed by atoms with Gasteiger partial charge in [0.15, 0.2) is 6.61 Å². The third-order valence-electron chi connectivity index (χ3n) is 3.97. The maximum Gasteiger partial charge on any atom is 0.307 e. The SMILES string of the molecule is O=C(COC(=O)CCNS(=O)(=O)c1cccs1)NC1CCCCCC1. The summed E-state index contributed by atoms with van der Waals surface area (Å²) in [6.45, 7) is -0.393. The molecule has 0 spiro atoms. The lowest BCUT2D eigenvalue weighted by molar-refractivity contribution is -0.148. The van der Waals surface area contributed by atoms with Crippen molar-refractivity contribution in [3.05, 3.63) is 17.5 Å². The molecule has 1 heterocycles. The zero-order valence-corrected chi connectivity index (χ0v) is 15.7. The van der Waals surface area contributed by atoms with Crippen molar-refractivity contribution in [2.24, 2.45) is 0 Å². The van der Waals surface area contributed by atoms with E-state index in [0.29, 0.717) is 0 Å². The van der Waals surface area contributed by atoms with Gasteiger partial charge in [-0.3, -0.25) is 9.59 Å². The van der Waals surface area contributed by atoms with Crippen LogP contribution in [-0.4, -0.2) is 39.5 Å². The largest absolute Gasteiger partial charge is 0.456 e. The molecule has 1 saturated carbocycles. The van der Waals surface area contributed by atoms with Gasteiger partial charge in [0.25, 0.3) is 5.91 Å². The molecule has 2 rings (SSSR count). The second-order valence-corrected chi connectivity index (χ2v) is 8.94. The van der Waals surface area contributed by atoms with E-state index in [0.717, 1.165) is 37.0 Å². The van der Waals surface area contributed by atoms with Crippen LogP contribution in [-0.2, 0) is 24.3 Å². The van der Waals surface area contributed by atoms with Gasteiger partial charge in [-0.25, -0.2) is 13.1 Å². The first-order chi connectivity index (χ1) is 12.0. The van der Waals surface area contributed by atoms with Gasteiger partial charge in [-0.1, -0.05) is 31.7 Å². The van der Waals surface area contributed by atoms with E-state index in [-0.39, 0.29) is 35.7 Å². The molecule has 0 radical (unpaired) electrons. The molecule has 1 aliphatic carbocycles. The molecule has 1 amide bonds. The average Bonchev–Trinajstić information content (AvgIpc) is 3.00. The van der Waals surface area contributed by atoms with Crippen LogP contribution >= 0.6 is 11.3 Å². The fourth-order valence-corrected chi connectivity index (χ4v) is 4.76. The summed E-state index contributed by atoms with van der Waals surface area (Å²) in [6, 6.07) is 3.29. The van der Waals surface area contributed by atoms with Crippen molar-refractivity contribution in [1.29, 1.82) is 0 Å². The number of ether oxygens (including phenoxy) is 1. The molecule has 0 saturated heterocycles. The highest BCUT2D eigenvalue weighted by Gasteiger charge is 2.17. The molecule has 25 heavy (non-hydrogen) atoms. The van der Waals surface area contributed by atoms with Gasteiger partial charge in [0.1, 0.15) is 4.21 Å². The van der Waals surface area contributed by atoms with E-state index in [9.17, 15) is 18.0 Å². The van der Waals surface area contributed by atoms with Crippen LogP contribution in [0.3, 0.4) is 0 Å². The van der Waals surface area contributed by atoms with Gasteiger partial charge < -0.3 is 10.1 Å². The number of amides is 1. The number of rotatable bonds is 8. The Morgan fingerprint density at radius 3 is 2.56 bits per heavy atom. The van der Waals surface area contributed by atoms with Crippen LogP contribution in [0.2, 0.25) is 0 Å². The van der Waals surface area contributed by atoms with Crippen LogP contribution < -0.4 is 10.0 Å². The zero-order valence-electron chi connectivity index (χ0n) is 14.0. The summed E-state index contributed by atoms with van der Waals surface area (Å²) in [5, 5.41) is 4.55. The van der Waals surface area contributed by atoms with Gasteiger partial charge in [0, 0.05) is 12.6 Å². The first-order valence-corrected chi connectivity index (χ1v) is 10.8. The lowest BCUT2D eigenvalue weighted by atomic mass is 10.1. The second-order valence-electron chi connectivity index (χ2n) is 6.00. The molecule has 0 unspecified atom stereocenters. The first-order valence-electron chi connectivity index (χ1n) is 8.45. The van der Waals surface area contributed by atoms with Crippen LogP contribution in [0.1, 0.15) is 44.9 Å². The fourth-order valence-electron chi connectivity index (χ4n) is 2.69. The van der Waals surface area contributed by atoms with Crippen molar-refractivity contribution in [3.63, 3.8) is 0 Å². The minimum Gasteiger partial charge on any atom is -0.456 e. The van der Waals surface area contributed by atoms with E-state index in [4.69, 9.17) is 4.74 Å². The minimum absolute atomic E-state index is 0.0662. The maximum atomic E-state index is 11.9. The Balaban J connectivity index is 1.62. The zero-order chi connectivity index (χ0) is 18.1. The summed E-state index contributed by atoms with van der Waals surface area (Å²) >= 11 is 1.10. The molecule has 0 aliphatic heterocycles. The van der Waals surface area contributed by atoms with Crippen LogP contribution in [0.5, 0.6) is 0 Å². The monoisotopic (exact) mass is 388 g/mol. The quantitative estimate of drug-likeness (QED) is 0.522. The molecule has 2 N–H and O–H groups in total. The number of carbonyl (C=O) groups excluding carboxylic acids is 2. The summed E-state index contributed by atoms with van der Waals surface area (Å²) in [7, 11) is -3.59. The molecular weight excluding hydrogens is 364 g/mol. The highest BCUT2D eigenvalue weighted by Crippen LogP contribution is 2.17. The molecule has 0 bridgehead atoms. The number of carbonyl (C=O) groups is 2. The summed E-state index contributed by atoms with van der Waals surface area (Å²) in [5.74, 6) is -0.913. The van der Waals surface area contributed by atoms with Gasteiger partial charge in [-0.15, -0.1) is 11.3 Å². The van der Waals surface area contributed by atoms with Crippen LogP contribution in [0.25, 0.3) is 0 Å². The molecule has 7 nitrogen and oxygen atoms in total. The van der Waals surface area contributed by atoms with E-state index in [1.807, 2.05) is 0 Å². The molecule has 9 heteroatoms. The van der Waals surface area contributed by atoms with Crippen LogP contribution in [0, 0.1) is 0 Å². The van der Waals surface area contributed by atoms with Crippen molar-refractivity contribution < 1.29 is 22.7 Å². The number of nitrogens with one attached hydrogen (secondary N) is 2. The Labute approximate surface area is 152 Å². The first kappa shape index (κ1) is 19.9. The maximum absolute atomic E-state index is 11.9. The van der Waals surface area contributed by atoms with Crippen molar-refractivity contribution >= 4 is 33.2 Å². The average molecular weight is 389 g/mol. The summed E-state index contributed by atoms with van der Waals surface area (Å²) < 4.78 is 31.2. The van der Waals surface area contributed by atoms with E-state index >= 15 is 0 Å². The van der Waals surface area contributed by atoms with Crippen molar-refractivity contribution in [3.8, 4) is 0 Å². The van der Waals surface area contributed by atoms with Crippen molar-refractivity contribution in [2.75, 3.05) is 13.2 Å². The Kier molecular flexibility index (Phi) is 7.86. The summed E-state index contributed by atoms with van der Waals surface area (Å²) in [4.78, 5) is 23.5. The number of hydrogen-bond acceptors (Lipinski definition) is 6. The number of sulfonamides is 1. The Morgan fingerprint density at radius 1 is 1.20 bits per heavy atom. The smallest absolute Gasteiger partial charge is 0.307 e. The van der Waals surface area contributed by atoms with Gasteiger partial charge in [0.05, 0.1) is 6.42 Å². The topological polar surface area (TPSA) is 102 Å². The Morgan fingerprint density at radius 2 is 1.92 bits per heavy atom. The summed E-state index contributed by atoms with van der Waals surface area (Å²) in [5.41, 5.74) is 0. The minimum atomic E-state index is -3.59. The van der Waals surface area contributed by atoms with Crippen molar-refractivity contribution in [1.82, 2.24) is 10.0 Å². The Bertz CT molecular complexity index is 650. The lowest BCUT2D eigenvalue weighted by Crippen LogP contribution is -2.37. The molecule has 1 aromatic rings. The van der Waals surface area contributed by atoms with Crippen LogP contribution in [0.15, 0.2) is 21.7 Å². The van der Waals surface area contributed by atoms with E-state index in [1.165, 1.54) is 18.9 Å². The highest BCUT2D eigenvalue weighted by molar-refractivity contribution is 7.91. The molecule has 0 atom stereocenters. The van der Waals surface area contributed by atoms with Crippen LogP contribution in [0.4, 0.5) is 0 Å².